The lowest BCUT2D eigenvalue weighted by Gasteiger charge is -2.40. The molecule has 20 heavy (non-hydrogen) atoms. The van der Waals surface area contributed by atoms with E-state index in [9.17, 15) is 0 Å². The van der Waals surface area contributed by atoms with Gasteiger partial charge in [-0.05, 0) is 66.7 Å². The van der Waals surface area contributed by atoms with E-state index in [1.54, 1.807) is 0 Å². The SMILES string of the molecule is CC(C)(C)C1CCC(Br)C(Cc2cc(Cl)ccc2Cl)C1. The van der Waals surface area contributed by atoms with Crippen LogP contribution in [0.1, 0.15) is 45.6 Å². The van der Waals surface area contributed by atoms with Crippen LogP contribution in [-0.2, 0) is 6.42 Å². The Balaban J connectivity index is 2.12. The maximum absolute atomic E-state index is 6.32. The van der Waals surface area contributed by atoms with Gasteiger partial charge in [0.1, 0.15) is 0 Å². The molecule has 0 N–H and O–H groups in total. The third-order valence-corrected chi connectivity index (χ3v) is 6.41. The predicted octanol–water partition coefficient (Wildman–Crippen LogP) is 6.76. The van der Waals surface area contributed by atoms with Crippen molar-refractivity contribution in [3.8, 4) is 0 Å². The smallest absolute Gasteiger partial charge is 0.0439 e. The van der Waals surface area contributed by atoms with Crippen molar-refractivity contribution in [3.05, 3.63) is 33.8 Å². The van der Waals surface area contributed by atoms with E-state index in [2.05, 4.69) is 36.7 Å². The van der Waals surface area contributed by atoms with Crippen LogP contribution in [0.15, 0.2) is 18.2 Å². The molecule has 0 saturated heterocycles. The zero-order chi connectivity index (χ0) is 14.9. The second-order valence-corrected chi connectivity index (χ2v) is 9.11. The van der Waals surface area contributed by atoms with Crippen LogP contribution in [0, 0.1) is 17.3 Å². The molecular formula is C17H23BrCl2. The Hall–Kier alpha value is 0.280. The van der Waals surface area contributed by atoms with Crippen LogP contribution in [0.5, 0.6) is 0 Å². The quantitative estimate of drug-likeness (QED) is 0.499. The van der Waals surface area contributed by atoms with Crippen LogP contribution in [0.2, 0.25) is 10.0 Å². The van der Waals surface area contributed by atoms with Crippen LogP contribution in [0.4, 0.5) is 0 Å². The van der Waals surface area contributed by atoms with Crippen LogP contribution in [-0.4, -0.2) is 4.83 Å². The van der Waals surface area contributed by atoms with E-state index < -0.39 is 0 Å². The van der Waals surface area contributed by atoms with Crippen molar-refractivity contribution in [2.75, 3.05) is 0 Å². The van der Waals surface area contributed by atoms with Crippen LogP contribution < -0.4 is 0 Å². The number of hydrogen-bond donors (Lipinski definition) is 0. The van der Waals surface area contributed by atoms with Gasteiger partial charge in [0.2, 0.25) is 0 Å². The molecule has 0 aromatic heterocycles. The molecule has 0 aliphatic heterocycles. The van der Waals surface area contributed by atoms with Gasteiger partial charge in [0.05, 0.1) is 0 Å². The van der Waals surface area contributed by atoms with Gasteiger partial charge in [0.25, 0.3) is 0 Å². The minimum atomic E-state index is 0.392. The van der Waals surface area contributed by atoms with Gasteiger partial charge in [-0.25, -0.2) is 0 Å². The predicted molar refractivity (Wildman–Crippen MR) is 93.2 cm³/mol. The van der Waals surface area contributed by atoms with Crippen molar-refractivity contribution in [1.82, 2.24) is 0 Å². The molecule has 3 unspecified atom stereocenters. The molecule has 0 spiro atoms. The van der Waals surface area contributed by atoms with Crippen molar-refractivity contribution in [1.29, 1.82) is 0 Å². The van der Waals surface area contributed by atoms with E-state index in [0.29, 0.717) is 16.2 Å². The van der Waals surface area contributed by atoms with Crippen molar-refractivity contribution < 1.29 is 0 Å². The van der Waals surface area contributed by atoms with Crippen LogP contribution in [0.3, 0.4) is 0 Å². The molecule has 0 radical (unpaired) electrons. The molecule has 3 atom stereocenters. The average molecular weight is 378 g/mol. The van der Waals surface area contributed by atoms with Gasteiger partial charge in [-0.3, -0.25) is 0 Å². The van der Waals surface area contributed by atoms with Crippen LogP contribution >= 0.6 is 39.1 Å². The summed E-state index contributed by atoms with van der Waals surface area (Å²) >= 11 is 16.3. The summed E-state index contributed by atoms with van der Waals surface area (Å²) in [5.41, 5.74) is 1.58. The van der Waals surface area contributed by atoms with Gasteiger partial charge in [-0.1, -0.05) is 59.9 Å². The summed E-state index contributed by atoms with van der Waals surface area (Å²) in [5.74, 6) is 1.43. The Kier molecular flexibility index (Phi) is 5.48. The molecule has 0 heterocycles. The fraction of sp³-hybridized carbons (Fsp3) is 0.647. The molecule has 1 fully saturated rings. The first-order chi connectivity index (χ1) is 9.27. The fourth-order valence-electron chi connectivity index (χ4n) is 3.21. The van der Waals surface area contributed by atoms with Crippen molar-refractivity contribution >= 4 is 39.1 Å². The zero-order valence-electron chi connectivity index (χ0n) is 12.4. The molecule has 1 saturated carbocycles. The van der Waals surface area contributed by atoms with E-state index in [1.165, 1.54) is 24.8 Å². The number of rotatable bonds is 2. The summed E-state index contributed by atoms with van der Waals surface area (Å²) < 4.78 is 0. The minimum absolute atomic E-state index is 0.392. The summed E-state index contributed by atoms with van der Waals surface area (Å²) in [6.07, 6.45) is 4.86. The molecule has 3 heteroatoms. The highest BCUT2D eigenvalue weighted by Gasteiger charge is 2.35. The maximum Gasteiger partial charge on any atom is 0.0439 e. The Morgan fingerprint density at radius 1 is 1.20 bits per heavy atom. The van der Waals surface area contributed by atoms with Gasteiger partial charge >= 0.3 is 0 Å². The van der Waals surface area contributed by atoms with E-state index in [1.807, 2.05) is 18.2 Å². The summed E-state index contributed by atoms with van der Waals surface area (Å²) in [6.45, 7) is 7.07. The van der Waals surface area contributed by atoms with E-state index in [-0.39, 0.29) is 0 Å². The number of halogens is 3. The van der Waals surface area contributed by atoms with E-state index >= 15 is 0 Å². The lowest BCUT2D eigenvalue weighted by atomic mass is 9.68. The summed E-state index contributed by atoms with van der Waals surface area (Å²) in [7, 11) is 0. The first kappa shape index (κ1) is 16.6. The molecule has 1 aliphatic carbocycles. The molecule has 0 nitrogen and oxygen atoms in total. The Morgan fingerprint density at radius 3 is 2.55 bits per heavy atom. The lowest BCUT2D eigenvalue weighted by molar-refractivity contribution is 0.146. The molecule has 2 rings (SSSR count). The van der Waals surface area contributed by atoms with Crippen LogP contribution in [0.25, 0.3) is 0 Å². The molecule has 1 aliphatic rings. The number of alkyl halides is 1. The monoisotopic (exact) mass is 376 g/mol. The first-order valence-corrected chi connectivity index (χ1v) is 9.02. The average Bonchev–Trinajstić information content (AvgIpc) is 2.35. The maximum atomic E-state index is 6.32. The second kappa shape index (κ2) is 6.58. The Morgan fingerprint density at radius 2 is 1.90 bits per heavy atom. The molecule has 0 bridgehead atoms. The molecule has 1 aromatic carbocycles. The third kappa shape index (κ3) is 4.15. The Bertz CT molecular complexity index is 465. The standard InChI is InChI=1S/C17H23BrCl2/c1-17(2,3)13-4-6-15(18)11(9-13)8-12-10-14(19)5-7-16(12)20/h5,7,10-11,13,15H,4,6,8-9H2,1-3H3. The zero-order valence-corrected chi connectivity index (χ0v) is 15.5. The lowest BCUT2D eigenvalue weighted by Crippen LogP contribution is -2.33. The van der Waals surface area contributed by atoms with Gasteiger partial charge in [0.15, 0.2) is 0 Å². The third-order valence-electron chi connectivity index (χ3n) is 4.60. The molecule has 0 amide bonds. The highest BCUT2D eigenvalue weighted by Crippen LogP contribution is 2.44. The minimum Gasteiger partial charge on any atom is -0.0888 e. The summed E-state index contributed by atoms with van der Waals surface area (Å²) in [6, 6.07) is 5.79. The normalized spacial score (nSPS) is 27.6. The molecule has 112 valence electrons. The second-order valence-electron chi connectivity index (χ2n) is 7.09. The first-order valence-electron chi connectivity index (χ1n) is 7.35. The van der Waals surface area contributed by atoms with E-state index in [4.69, 9.17) is 23.2 Å². The van der Waals surface area contributed by atoms with Gasteiger partial charge in [-0.15, -0.1) is 0 Å². The van der Waals surface area contributed by atoms with Gasteiger partial charge < -0.3 is 0 Å². The van der Waals surface area contributed by atoms with Crippen molar-refractivity contribution in [2.24, 2.45) is 17.3 Å². The number of hydrogen-bond acceptors (Lipinski definition) is 0. The van der Waals surface area contributed by atoms with E-state index in [0.717, 1.165) is 22.4 Å². The number of benzene rings is 1. The van der Waals surface area contributed by atoms with Crippen molar-refractivity contribution in [2.45, 2.75) is 51.3 Å². The van der Waals surface area contributed by atoms with Gasteiger partial charge in [-0.2, -0.15) is 0 Å². The van der Waals surface area contributed by atoms with Gasteiger partial charge in [0, 0.05) is 14.9 Å². The Labute approximate surface area is 141 Å². The molecular weight excluding hydrogens is 355 g/mol. The highest BCUT2D eigenvalue weighted by atomic mass is 79.9. The highest BCUT2D eigenvalue weighted by molar-refractivity contribution is 9.09. The summed E-state index contributed by atoms with van der Waals surface area (Å²) in [5, 5.41) is 1.62. The molecule has 1 aromatic rings. The topological polar surface area (TPSA) is 0 Å². The largest absolute Gasteiger partial charge is 0.0888 e. The van der Waals surface area contributed by atoms with Crippen molar-refractivity contribution in [3.63, 3.8) is 0 Å². The summed E-state index contributed by atoms with van der Waals surface area (Å²) in [4.78, 5) is 0.594. The fourth-order valence-corrected chi connectivity index (χ4v) is 4.26.